The summed E-state index contributed by atoms with van der Waals surface area (Å²) < 4.78 is 5.37. The first-order valence-corrected chi connectivity index (χ1v) is 7.05. The van der Waals surface area contributed by atoms with E-state index in [0.29, 0.717) is 18.4 Å². The van der Waals surface area contributed by atoms with Crippen molar-refractivity contribution in [2.45, 2.75) is 25.7 Å². The molecule has 0 spiro atoms. The Labute approximate surface area is 112 Å². The Bertz CT molecular complexity index is 538. The van der Waals surface area contributed by atoms with Crippen molar-refractivity contribution in [1.82, 2.24) is 4.98 Å². The van der Waals surface area contributed by atoms with Gasteiger partial charge in [0.1, 0.15) is 11.4 Å². The number of nitrogens with zero attached hydrogens (tertiary/aromatic N) is 1. The molecule has 1 aliphatic rings. The summed E-state index contributed by atoms with van der Waals surface area (Å²) in [5.74, 6) is 1.86. The van der Waals surface area contributed by atoms with Crippen LogP contribution in [-0.4, -0.2) is 23.2 Å². The number of fused-ring (bicyclic) bond motifs is 1. The molecule has 1 fully saturated rings. The summed E-state index contributed by atoms with van der Waals surface area (Å²) in [7, 11) is 0. The molecule has 2 heterocycles. The molecule has 0 amide bonds. The van der Waals surface area contributed by atoms with E-state index in [0.717, 1.165) is 29.8 Å². The van der Waals surface area contributed by atoms with Gasteiger partial charge in [0.2, 0.25) is 0 Å². The van der Waals surface area contributed by atoms with Crippen LogP contribution in [0.15, 0.2) is 29.0 Å². The van der Waals surface area contributed by atoms with Crippen LogP contribution in [0.25, 0.3) is 11.0 Å². The zero-order valence-corrected chi connectivity index (χ0v) is 11.0. The Morgan fingerprint density at radius 1 is 1.26 bits per heavy atom. The van der Waals surface area contributed by atoms with Gasteiger partial charge in [-0.2, -0.15) is 0 Å². The van der Waals surface area contributed by atoms with E-state index in [1.807, 2.05) is 12.1 Å². The number of hydrogen-bond donors (Lipinski definition) is 2. The van der Waals surface area contributed by atoms with Gasteiger partial charge in [-0.15, -0.1) is 0 Å². The molecule has 2 unspecified atom stereocenters. The van der Waals surface area contributed by atoms with Gasteiger partial charge in [-0.3, -0.25) is 0 Å². The molecule has 2 N–H and O–H groups in total. The smallest absolute Gasteiger partial charge is 0.139 e. The summed E-state index contributed by atoms with van der Waals surface area (Å²) in [5, 5.41) is 13.9. The Morgan fingerprint density at radius 3 is 2.95 bits per heavy atom. The molecular weight excluding hydrogens is 240 g/mol. The van der Waals surface area contributed by atoms with E-state index >= 15 is 0 Å². The molecule has 2 aromatic rings. The molecule has 1 aliphatic carbocycles. The van der Waals surface area contributed by atoms with Gasteiger partial charge in [0, 0.05) is 19.3 Å². The first-order chi connectivity index (χ1) is 9.38. The predicted molar refractivity (Wildman–Crippen MR) is 75.0 cm³/mol. The predicted octanol–water partition coefficient (Wildman–Crippen LogP) is 3.04. The standard InChI is InChI=1S/C15H20N2O2/c18-10-12-4-2-1-3-11(12)9-17-15-13-6-8-19-14(13)5-7-16-15/h5-8,11-12,18H,1-4,9-10H2,(H,16,17). The Morgan fingerprint density at radius 2 is 2.11 bits per heavy atom. The van der Waals surface area contributed by atoms with Gasteiger partial charge < -0.3 is 14.8 Å². The maximum Gasteiger partial charge on any atom is 0.139 e. The van der Waals surface area contributed by atoms with Gasteiger partial charge in [-0.1, -0.05) is 12.8 Å². The summed E-state index contributed by atoms with van der Waals surface area (Å²) >= 11 is 0. The van der Waals surface area contributed by atoms with Crippen molar-refractivity contribution >= 4 is 16.8 Å². The average Bonchev–Trinajstić information content (AvgIpc) is 2.94. The Balaban J connectivity index is 1.69. The zero-order valence-electron chi connectivity index (χ0n) is 11.0. The number of aromatic nitrogens is 1. The topological polar surface area (TPSA) is 58.3 Å². The molecule has 102 valence electrons. The monoisotopic (exact) mass is 260 g/mol. The van der Waals surface area contributed by atoms with Crippen molar-refractivity contribution in [3.8, 4) is 0 Å². The molecule has 4 heteroatoms. The number of aliphatic hydroxyl groups is 1. The second-order valence-corrected chi connectivity index (χ2v) is 5.36. The van der Waals surface area contributed by atoms with E-state index in [1.54, 1.807) is 12.5 Å². The van der Waals surface area contributed by atoms with E-state index in [-0.39, 0.29) is 0 Å². The maximum atomic E-state index is 9.44. The molecule has 0 aliphatic heterocycles. The second-order valence-electron chi connectivity index (χ2n) is 5.36. The van der Waals surface area contributed by atoms with Crippen molar-refractivity contribution in [2.75, 3.05) is 18.5 Å². The van der Waals surface area contributed by atoms with Gasteiger partial charge in [0.05, 0.1) is 11.6 Å². The number of hydrogen-bond acceptors (Lipinski definition) is 4. The highest BCUT2D eigenvalue weighted by Gasteiger charge is 2.24. The lowest BCUT2D eigenvalue weighted by Crippen LogP contribution is -2.28. The fourth-order valence-corrected chi connectivity index (χ4v) is 3.06. The normalized spacial score (nSPS) is 23.6. The summed E-state index contributed by atoms with van der Waals surface area (Å²) in [6.07, 6.45) is 8.31. The minimum absolute atomic E-state index is 0.301. The number of anilines is 1. The Hall–Kier alpha value is -1.55. The van der Waals surface area contributed by atoms with Crippen LogP contribution >= 0.6 is 0 Å². The third-order valence-electron chi connectivity index (χ3n) is 4.21. The largest absolute Gasteiger partial charge is 0.464 e. The highest BCUT2D eigenvalue weighted by Crippen LogP contribution is 2.30. The number of pyridine rings is 1. The summed E-state index contributed by atoms with van der Waals surface area (Å²) in [5.41, 5.74) is 0.861. The van der Waals surface area contributed by atoms with Crippen molar-refractivity contribution in [3.63, 3.8) is 0 Å². The number of furan rings is 1. The highest BCUT2D eigenvalue weighted by molar-refractivity contribution is 5.87. The molecule has 19 heavy (non-hydrogen) atoms. The average molecular weight is 260 g/mol. The van der Waals surface area contributed by atoms with Gasteiger partial charge in [0.15, 0.2) is 0 Å². The summed E-state index contributed by atoms with van der Waals surface area (Å²) in [6.45, 7) is 1.18. The van der Waals surface area contributed by atoms with E-state index in [2.05, 4.69) is 10.3 Å². The zero-order chi connectivity index (χ0) is 13.1. The van der Waals surface area contributed by atoms with Crippen molar-refractivity contribution in [3.05, 3.63) is 24.6 Å². The number of aliphatic hydroxyl groups excluding tert-OH is 1. The van der Waals surface area contributed by atoms with E-state index < -0.39 is 0 Å². The lowest BCUT2D eigenvalue weighted by atomic mass is 9.79. The SMILES string of the molecule is OCC1CCCCC1CNc1nccc2occc12. The molecule has 2 atom stereocenters. The first kappa shape index (κ1) is 12.5. The molecule has 0 radical (unpaired) electrons. The van der Waals surface area contributed by atoms with Crippen molar-refractivity contribution in [1.29, 1.82) is 0 Å². The molecule has 0 saturated heterocycles. The van der Waals surface area contributed by atoms with E-state index in [1.165, 1.54) is 19.3 Å². The Kier molecular flexibility index (Phi) is 3.69. The van der Waals surface area contributed by atoms with Crippen LogP contribution in [0.4, 0.5) is 5.82 Å². The van der Waals surface area contributed by atoms with Crippen LogP contribution in [0.5, 0.6) is 0 Å². The fraction of sp³-hybridized carbons (Fsp3) is 0.533. The molecule has 3 rings (SSSR count). The molecule has 2 aromatic heterocycles. The summed E-state index contributed by atoms with van der Waals surface area (Å²) in [6, 6.07) is 3.81. The molecule has 4 nitrogen and oxygen atoms in total. The lowest BCUT2D eigenvalue weighted by Gasteiger charge is -2.30. The van der Waals surface area contributed by atoms with Crippen LogP contribution in [0, 0.1) is 11.8 Å². The number of rotatable bonds is 4. The molecule has 1 saturated carbocycles. The van der Waals surface area contributed by atoms with Crippen LogP contribution < -0.4 is 5.32 Å². The molecule has 0 aromatic carbocycles. The third-order valence-corrected chi connectivity index (χ3v) is 4.21. The quantitative estimate of drug-likeness (QED) is 0.887. The maximum absolute atomic E-state index is 9.44. The third kappa shape index (κ3) is 2.59. The van der Waals surface area contributed by atoms with Crippen LogP contribution in [0.3, 0.4) is 0 Å². The second kappa shape index (κ2) is 5.61. The van der Waals surface area contributed by atoms with Crippen LogP contribution in [-0.2, 0) is 0 Å². The lowest BCUT2D eigenvalue weighted by molar-refractivity contribution is 0.141. The van der Waals surface area contributed by atoms with E-state index in [9.17, 15) is 5.11 Å². The minimum Gasteiger partial charge on any atom is -0.464 e. The van der Waals surface area contributed by atoms with Gasteiger partial charge in [0.25, 0.3) is 0 Å². The minimum atomic E-state index is 0.301. The van der Waals surface area contributed by atoms with E-state index in [4.69, 9.17) is 4.42 Å². The van der Waals surface area contributed by atoms with Gasteiger partial charge in [-0.05, 0) is 36.8 Å². The highest BCUT2D eigenvalue weighted by atomic mass is 16.3. The van der Waals surface area contributed by atoms with Crippen molar-refractivity contribution < 1.29 is 9.52 Å². The molecular formula is C15H20N2O2. The van der Waals surface area contributed by atoms with Crippen LogP contribution in [0.2, 0.25) is 0 Å². The van der Waals surface area contributed by atoms with Gasteiger partial charge in [-0.25, -0.2) is 4.98 Å². The fourth-order valence-electron chi connectivity index (χ4n) is 3.06. The number of nitrogens with one attached hydrogen (secondary N) is 1. The van der Waals surface area contributed by atoms with Crippen molar-refractivity contribution in [2.24, 2.45) is 11.8 Å². The molecule has 0 bridgehead atoms. The van der Waals surface area contributed by atoms with Gasteiger partial charge >= 0.3 is 0 Å². The summed E-state index contributed by atoms with van der Waals surface area (Å²) in [4.78, 5) is 4.38. The first-order valence-electron chi connectivity index (χ1n) is 7.05. The van der Waals surface area contributed by atoms with Crippen LogP contribution in [0.1, 0.15) is 25.7 Å².